The fraction of sp³-hybridized carbons (Fsp3) is 0.222. The molecule has 16 heavy (non-hydrogen) atoms. The second-order valence-corrected chi connectivity index (χ2v) is 2.78. The van der Waals surface area contributed by atoms with Crippen molar-refractivity contribution in [3.63, 3.8) is 0 Å². The van der Waals surface area contributed by atoms with Crippen molar-refractivity contribution in [1.82, 2.24) is 0 Å². The highest BCUT2D eigenvalue weighted by atomic mass is 19.4. The van der Waals surface area contributed by atoms with Crippen LogP contribution in [0.2, 0.25) is 0 Å². The van der Waals surface area contributed by atoms with Crippen LogP contribution in [0.15, 0.2) is 29.3 Å². The van der Waals surface area contributed by atoms with Gasteiger partial charge in [0.2, 0.25) is 0 Å². The molecule has 0 aliphatic rings. The summed E-state index contributed by atoms with van der Waals surface area (Å²) in [6, 6.07) is 5.55. The van der Waals surface area contributed by atoms with Crippen LogP contribution in [-0.2, 0) is 0 Å². The van der Waals surface area contributed by atoms with Crippen LogP contribution in [0.1, 0.15) is 0 Å². The average Bonchev–Trinajstić information content (AvgIpc) is 2.18. The maximum Gasteiger partial charge on any atom is 0.573 e. The molecule has 0 aromatic heterocycles. The van der Waals surface area contributed by atoms with Crippen LogP contribution in [0.4, 0.5) is 18.9 Å². The van der Waals surface area contributed by atoms with Gasteiger partial charge in [0, 0.05) is 7.05 Å². The SMILES string of the molecule is CN=C(N)Nc1ccccc1OC(F)(F)F. The van der Waals surface area contributed by atoms with Crippen molar-refractivity contribution in [3.05, 3.63) is 24.3 Å². The average molecular weight is 233 g/mol. The number of hydrogen-bond acceptors (Lipinski definition) is 2. The number of benzene rings is 1. The molecule has 0 spiro atoms. The van der Waals surface area contributed by atoms with E-state index in [-0.39, 0.29) is 17.4 Å². The molecule has 1 aromatic carbocycles. The Hall–Kier alpha value is -1.92. The summed E-state index contributed by atoms with van der Waals surface area (Å²) in [4.78, 5) is 3.57. The Morgan fingerprint density at radius 2 is 2.00 bits per heavy atom. The molecule has 0 saturated carbocycles. The number of hydrogen-bond donors (Lipinski definition) is 2. The van der Waals surface area contributed by atoms with Crippen LogP contribution in [0.25, 0.3) is 0 Å². The Morgan fingerprint density at radius 3 is 2.56 bits per heavy atom. The van der Waals surface area contributed by atoms with Crippen LogP contribution in [0.5, 0.6) is 5.75 Å². The number of rotatable bonds is 2. The van der Waals surface area contributed by atoms with E-state index in [0.717, 1.165) is 0 Å². The number of para-hydroxylation sites is 2. The van der Waals surface area contributed by atoms with Gasteiger partial charge in [-0.1, -0.05) is 12.1 Å². The number of nitrogens with one attached hydrogen (secondary N) is 1. The lowest BCUT2D eigenvalue weighted by molar-refractivity contribution is -0.274. The molecule has 0 atom stereocenters. The topological polar surface area (TPSA) is 59.6 Å². The van der Waals surface area contributed by atoms with Gasteiger partial charge in [0.15, 0.2) is 11.7 Å². The highest BCUT2D eigenvalue weighted by molar-refractivity contribution is 5.93. The number of aliphatic imine (C=N–C) groups is 1. The lowest BCUT2D eigenvalue weighted by atomic mass is 10.3. The minimum Gasteiger partial charge on any atom is -0.404 e. The molecule has 1 aromatic rings. The summed E-state index contributed by atoms with van der Waals surface area (Å²) in [6.07, 6.45) is -4.74. The number of alkyl halides is 3. The van der Waals surface area contributed by atoms with E-state index in [1.54, 1.807) is 6.07 Å². The Kier molecular flexibility index (Phi) is 3.60. The molecule has 0 unspecified atom stereocenters. The molecule has 7 heteroatoms. The normalized spacial score (nSPS) is 12.4. The van der Waals surface area contributed by atoms with Gasteiger partial charge in [-0.25, -0.2) is 0 Å². The van der Waals surface area contributed by atoms with Crippen molar-refractivity contribution >= 4 is 11.6 Å². The minimum absolute atomic E-state index is 0.00164. The second-order valence-electron chi connectivity index (χ2n) is 2.78. The summed E-state index contributed by atoms with van der Waals surface area (Å²) < 4.78 is 39.9. The molecule has 0 aliphatic carbocycles. The Morgan fingerprint density at radius 1 is 1.38 bits per heavy atom. The van der Waals surface area contributed by atoms with E-state index >= 15 is 0 Å². The van der Waals surface area contributed by atoms with Crippen molar-refractivity contribution in [2.45, 2.75) is 6.36 Å². The molecular formula is C9H10F3N3O. The molecule has 0 heterocycles. The van der Waals surface area contributed by atoms with Crippen LogP contribution in [0.3, 0.4) is 0 Å². The summed E-state index contributed by atoms with van der Waals surface area (Å²) in [6.45, 7) is 0. The standard InChI is InChI=1S/C9H10F3N3O/c1-14-8(13)15-6-4-2-3-5-7(6)16-9(10,11)12/h2-5H,1H3,(H3,13,14,15). The minimum atomic E-state index is -4.74. The van der Waals surface area contributed by atoms with Gasteiger partial charge in [-0.05, 0) is 12.1 Å². The van der Waals surface area contributed by atoms with Crippen molar-refractivity contribution in [2.75, 3.05) is 12.4 Å². The number of ether oxygens (including phenoxy) is 1. The molecule has 0 bridgehead atoms. The number of anilines is 1. The third kappa shape index (κ3) is 3.68. The molecule has 3 N–H and O–H groups in total. The lowest BCUT2D eigenvalue weighted by Crippen LogP contribution is -2.24. The lowest BCUT2D eigenvalue weighted by Gasteiger charge is -2.13. The summed E-state index contributed by atoms with van der Waals surface area (Å²) in [5, 5.41) is 2.49. The van der Waals surface area contributed by atoms with Gasteiger partial charge in [0.25, 0.3) is 0 Å². The zero-order valence-electron chi connectivity index (χ0n) is 8.38. The van der Waals surface area contributed by atoms with Crippen LogP contribution in [-0.4, -0.2) is 19.4 Å². The van der Waals surface area contributed by atoms with Crippen molar-refractivity contribution in [2.24, 2.45) is 10.7 Å². The van der Waals surface area contributed by atoms with Crippen molar-refractivity contribution in [3.8, 4) is 5.75 Å². The van der Waals surface area contributed by atoms with Gasteiger partial charge in [-0.2, -0.15) is 0 Å². The van der Waals surface area contributed by atoms with Gasteiger partial charge in [-0.15, -0.1) is 13.2 Å². The van der Waals surface area contributed by atoms with Gasteiger partial charge in [-0.3, -0.25) is 4.99 Å². The maximum absolute atomic E-state index is 12.0. The molecule has 4 nitrogen and oxygen atoms in total. The highest BCUT2D eigenvalue weighted by Gasteiger charge is 2.32. The van der Waals surface area contributed by atoms with E-state index < -0.39 is 6.36 Å². The molecule has 0 radical (unpaired) electrons. The van der Waals surface area contributed by atoms with Crippen LogP contribution in [0, 0.1) is 0 Å². The van der Waals surface area contributed by atoms with Crippen molar-refractivity contribution in [1.29, 1.82) is 0 Å². The maximum atomic E-state index is 12.0. The molecule has 0 amide bonds. The van der Waals surface area contributed by atoms with Crippen LogP contribution < -0.4 is 15.8 Å². The Labute approximate surface area is 89.9 Å². The van der Waals surface area contributed by atoms with Gasteiger partial charge in [0.05, 0.1) is 5.69 Å². The van der Waals surface area contributed by atoms with Gasteiger partial charge < -0.3 is 15.8 Å². The monoisotopic (exact) mass is 233 g/mol. The third-order valence-corrected chi connectivity index (χ3v) is 1.62. The Balaban J connectivity index is 2.92. The smallest absolute Gasteiger partial charge is 0.404 e. The molecular weight excluding hydrogens is 223 g/mol. The predicted octanol–water partition coefficient (Wildman–Crippen LogP) is 1.94. The molecule has 0 aliphatic heterocycles. The van der Waals surface area contributed by atoms with E-state index in [9.17, 15) is 13.2 Å². The second kappa shape index (κ2) is 4.73. The first-order chi connectivity index (χ1) is 7.42. The Bertz CT molecular complexity index is 390. The van der Waals surface area contributed by atoms with E-state index in [0.29, 0.717) is 0 Å². The largest absolute Gasteiger partial charge is 0.573 e. The fourth-order valence-corrected chi connectivity index (χ4v) is 0.977. The summed E-state index contributed by atoms with van der Waals surface area (Å²) in [5.41, 5.74) is 5.44. The van der Waals surface area contributed by atoms with E-state index in [1.165, 1.54) is 25.2 Å². The predicted molar refractivity (Wildman–Crippen MR) is 54.3 cm³/mol. The summed E-state index contributed by atoms with van der Waals surface area (Å²) in [7, 11) is 1.41. The zero-order valence-corrected chi connectivity index (χ0v) is 8.38. The summed E-state index contributed by atoms with van der Waals surface area (Å²) >= 11 is 0. The first-order valence-electron chi connectivity index (χ1n) is 4.26. The van der Waals surface area contributed by atoms with Gasteiger partial charge >= 0.3 is 6.36 Å². The molecule has 1 rings (SSSR count). The fourth-order valence-electron chi connectivity index (χ4n) is 0.977. The number of halogens is 3. The first kappa shape index (κ1) is 12.2. The quantitative estimate of drug-likeness (QED) is 0.606. The van der Waals surface area contributed by atoms with E-state index in [2.05, 4.69) is 15.0 Å². The molecule has 88 valence electrons. The highest BCUT2D eigenvalue weighted by Crippen LogP contribution is 2.29. The molecule has 0 saturated heterocycles. The number of guanidine groups is 1. The van der Waals surface area contributed by atoms with Gasteiger partial charge in [0.1, 0.15) is 0 Å². The summed E-state index contributed by atoms with van der Waals surface area (Å²) in [5.74, 6) is -0.361. The first-order valence-corrected chi connectivity index (χ1v) is 4.26. The van der Waals surface area contributed by atoms with E-state index in [4.69, 9.17) is 5.73 Å². The number of nitrogens with two attached hydrogens (primary N) is 1. The van der Waals surface area contributed by atoms with Crippen molar-refractivity contribution < 1.29 is 17.9 Å². The number of nitrogens with zero attached hydrogens (tertiary/aromatic N) is 1. The van der Waals surface area contributed by atoms with Crippen LogP contribution >= 0.6 is 0 Å². The van der Waals surface area contributed by atoms with E-state index in [1.807, 2.05) is 0 Å². The third-order valence-electron chi connectivity index (χ3n) is 1.62. The molecule has 0 fully saturated rings. The zero-order chi connectivity index (χ0) is 12.2.